The van der Waals surface area contributed by atoms with Gasteiger partial charge in [-0.3, -0.25) is 14.5 Å². The van der Waals surface area contributed by atoms with Crippen molar-refractivity contribution in [2.45, 2.75) is 46.2 Å². The monoisotopic (exact) mass is 337 g/mol. The van der Waals surface area contributed by atoms with Crippen molar-refractivity contribution >= 4 is 29.5 Å². The molecule has 0 aromatic carbocycles. The number of thioether (sulfide) groups is 1. The maximum absolute atomic E-state index is 13.0. The highest BCUT2D eigenvalue weighted by atomic mass is 32.2. The van der Waals surface area contributed by atoms with E-state index < -0.39 is 6.04 Å². The minimum atomic E-state index is -0.391. The summed E-state index contributed by atoms with van der Waals surface area (Å²) in [5.41, 5.74) is -0.0801. The summed E-state index contributed by atoms with van der Waals surface area (Å²) in [6.07, 6.45) is 2.79. The molecule has 1 atom stereocenters. The molecular formula is C15H23N5O2S. The van der Waals surface area contributed by atoms with Crippen LogP contribution in [0.5, 0.6) is 0 Å². The van der Waals surface area contributed by atoms with Crippen molar-refractivity contribution in [3.63, 3.8) is 0 Å². The van der Waals surface area contributed by atoms with Gasteiger partial charge in [0.05, 0.1) is 5.88 Å². The summed E-state index contributed by atoms with van der Waals surface area (Å²) in [7, 11) is 0. The predicted octanol–water partition coefficient (Wildman–Crippen LogP) is 1.35. The van der Waals surface area contributed by atoms with Crippen molar-refractivity contribution in [2.24, 2.45) is 5.41 Å². The molecule has 2 aliphatic rings. The number of amides is 2. The Morgan fingerprint density at radius 3 is 2.87 bits per heavy atom. The molecule has 2 amide bonds. The standard InChI is InChI=1S/C15H23N5O2S/c1-15(2,3)7-12(21)19-10-23-8-11(19)13(22)18-5-4-6-20-14(18)16-9-17-20/h9,11H,4-8,10H2,1-3H3/t11-/m1/s1. The Balaban J connectivity index is 1.76. The SMILES string of the molecule is CC(C)(C)CC(=O)N1CSC[C@@H]1C(=O)N1CCCn2ncnc21. The van der Waals surface area contributed by atoms with Gasteiger partial charge in [-0.15, -0.1) is 11.8 Å². The van der Waals surface area contributed by atoms with Crippen molar-refractivity contribution < 1.29 is 9.59 Å². The molecule has 8 heteroatoms. The highest BCUT2D eigenvalue weighted by molar-refractivity contribution is 7.99. The van der Waals surface area contributed by atoms with Gasteiger partial charge < -0.3 is 4.90 Å². The maximum atomic E-state index is 13.0. The van der Waals surface area contributed by atoms with Crippen LogP contribution in [0.15, 0.2) is 6.33 Å². The second-order valence-electron chi connectivity index (χ2n) is 7.24. The Morgan fingerprint density at radius 1 is 1.35 bits per heavy atom. The van der Waals surface area contributed by atoms with Crippen LogP contribution in [0.1, 0.15) is 33.6 Å². The first kappa shape index (κ1) is 16.3. The van der Waals surface area contributed by atoms with E-state index in [2.05, 4.69) is 10.1 Å². The third-order valence-corrected chi connectivity index (χ3v) is 5.04. The molecule has 23 heavy (non-hydrogen) atoms. The molecule has 0 N–H and O–H groups in total. The zero-order valence-electron chi connectivity index (χ0n) is 13.9. The third-order valence-electron chi connectivity index (χ3n) is 4.02. The topological polar surface area (TPSA) is 71.3 Å². The quantitative estimate of drug-likeness (QED) is 0.815. The normalized spacial score (nSPS) is 21.4. The van der Waals surface area contributed by atoms with Gasteiger partial charge in [-0.1, -0.05) is 20.8 Å². The first-order valence-corrected chi connectivity index (χ1v) is 9.09. The first-order chi connectivity index (χ1) is 10.9. The number of aromatic nitrogens is 3. The largest absolute Gasteiger partial charge is 0.321 e. The zero-order valence-corrected chi connectivity index (χ0v) is 14.7. The van der Waals surface area contributed by atoms with Crippen LogP contribution in [0.3, 0.4) is 0 Å². The number of carbonyl (C=O) groups is 2. The lowest BCUT2D eigenvalue weighted by molar-refractivity contribution is -0.138. The average molecular weight is 337 g/mol. The van der Waals surface area contributed by atoms with Crippen molar-refractivity contribution in [2.75, 3.05) is 23.1 Å². The molecule has 1 aromatic rings. The summed E-state index contributed by atoms with van der Waals surface area (Å²) in [6, 6.07) is -0.391. The maximum Gasteiger partial charge on any atom is 0.253 e. The first-order valence-electron chi connectivity index (χ1n) is 7.93. The second-order valence-corrected chi connectivity index (χ2v) is 8.24. The van der Waals surface area contributed by atoms with Gasteiger partial charge in [0.25, 0.3) is 5.91 Å². The summed E-state index contributed by atoms with van der Waals surface area (Å²) in [5.74, 6) is 1.86. The van der Waals surface area contributed by atoms with Crippen LogP contribution >= 0.6 is 11.8 Å². The van der Waals surface area contributed by atoms with Crippen LogP contribution in [0, 0.1) is 5.41 Å². The Kier molecular flexibility index (Phi) is 4.35. The highest BCUT2D eigenvalue weighted by Crippen LogP contribution is 2.29. The summed E-state index contributed by atoms with van der Waals surface area (Å²) in [6.45, 7) is 7.54. The predicted molar refractivity (Wildman–Crippen MR) is 89.0 cm³/mol. The number of hydrogen-bond donors (Lipinski definition) is 0. The molecule has 0 aliphatic carbocycles. The Labute approximate surface area is 140 Å². The fourth-order valence-corrected chi connectivity index (χ4v) is 4.11. The number of aryl methyl sites for hydroxylation is 1. The molecule has 0 radical (unpaired) electrons. The number of carbonyl (C=O) groups excluding carboxylic acids is 2. The average Bonchev–Trinajstić information content (AvgIpc) is 3.12. The van der Waals surface area contributed by atoms with Crippen LogP contribution in [-0.2, 0) is 16.1 Å². The molecule has 1 fully saturated rings. The number of nitrogens with zero attached hydrogens (tertiary/aromatic N) is 5. The fourth-order valence-electron chi connectivity index (χ4n) is 2.94. The minimum Gasteiger partial charge on any atom is -0.321 e. The van der Waals surface area contributed by atoms with Gasteiger partial charge in [0.15, 0.2) is 0 Å². The molecule has 0 bridgehead atoms. The van der Waals surface area contributed by atoms with E-state index in [9.17, 15) is 9.59 Å². The molecular weight excluding hydrogens is 314 g/mol. The molecule has 126 valence electrons. The number of hydrogen-bond acceptors (Lipinski definition) is 5. The fraction of sp³-hybridized carbons (Fsp3) is 0.733. The van der Waals surface area contributed by atoms with E-state index >= 15 is 0 Å². The van der Waals surface area contributed by atoms with Crippen LogP contribution in [-0.4, -0.2) is 55.7 Å². The summed E-state index contributed by atoms with van der Waals surface area (Å²) in [5, 5.41) is 4.14. The molecule has 0 unspecified atom stereocenters. The molecule has 3 rings (SSSR count). The van der Waals surface area contributed by atoms with Crippen LogP contribution in [0.4, 0.5) is 5.95 Å². The van der Waals surface area contributed by atoms with E-state index in [-0.39, 0.29) is 17.2 Å². The number of fused-ring (bicyclic) bond motifs is 1. The van der Waals surface area contributed by atoms with E-state index in [1.54, 1.807) is 26.2 Å². The summed E-state index contributed by atoms with van der Waals surface area (Å²) < 4.78 is 1.75. The minimum absolute atomic E-state index is 0.0359. The Hall–Kier alpha value is -1.57. The molecule has 1 aromatic heterocycles. The van der Waals surface area contributed by atoms with Gasteiger partial charge in [0.2, 0.25) is 11.9 Å². The smallest absolute Gasteiger partial charge is 0.253 e. The number of anilines is 1. The lowest BCUT2D eigenvalue weighted by Crippen LogP contribution is -2.51. The Bertz CT molecular complexity index is 609. The summed E-state index contributed by atoms with van der Waals surface area (Å²) >= 11 is 1.64. The van der Waals surface area contributed by atoms with Crippen LogP contribution in [0.2, 0.25) is 0 Å². The van der Waals surface area contributed by atoms with Crippen molar-refractivity contribution in [1.29, 1.82) is 0 Å². The molecule has 0 spiro atoms. The highest BCUT2D eigenvalue weighted by Gasteiger charge is 2.39. The van der Waals surface area contributed by atoms with Gasteiger partial charge in [0, 0.05) is 25.3 Å². The zero-order chi connectivity index (χ0) is 16.6. The lowest BCUT2D eigenvalue weighted by Gasteiger charge is -2.32. The van der Waals surface area contributed by atoms with Crippen LogP contribution < -0.4 is 4.90 Å². The molecule has 0 saturated carbocycles. The van der Waals surface area contributed by atoms with Gasteiger partial charge in [-0.2, -0.15) is 10.1 Å². The van der Waals surface area contributed by atoms with E-state index in [0.717, 1.165) is 13.0 Å². The van der Waals surface area contributed by atoms with Gasteiger partial charge in [-0.25, -0.2) is 4.68 Å². The van der Waals surface area contributed by atoms with Crippen LogP contribution in [0.25, 0.3) is 0 Å². The van der Waals surface area contributed by atoms with E-state index in [1.807, 2.05) is 20.8 Å². The molecule has 3 heterocycles. The van der Waals surface area contributed by atoms with E-state index in [1.165, 1.54) is 6.33 Å². The van der Waals surface area contributed by atoms with E-state index in [4.69, 9.17) is 0 Å². The lowest BCUT2D eigenvalue weighted by atomic mass is 9.91. The van der Waals surface area contributed by atoms with E-state index in [0.29, 0.717) is 30.5 Å². The molecule has 7 nitrogen and oxygen atoms in total. The van der Waals surface area contributed by atoms with Gasteiger partial charge in [0.1, 0.15) is 12.4 Å². The molecule has 1 saturated heterocycles. The van der Waals surface area contributed by atoms with Crippen molar-refractivity contribution in [3.05, 3.63) is 6.33 Å². The van der Waals surface area contributed by atoms with Crippen molar-refractivity contribution in [1.82, 2.24) is 19.7 Å². The van der Waals surface area contributed by atoms with Gasteiger partial charge in [-0.05, 0) is 11.8 Å². The Morgan fingerprint density at radius 2 is 2.13 bits per heavy atom. The molecule has 2 aliphatic heterocycles. The third kappa shape index (κ3) is 3.36. The van der Waals surface area contributed by atoms with Gasteiger partial charge >= 0.3 is 0 Å². The summed E-state index contributed by atoms with van der Waals surface area (Å²) in [4.78, 5) is 33.2. The van der Waals surface area contributed by atoms with Crippen molar-refractivity contribution in [3.8, 4) is 0 Å². The number of rotatable bonds is 2. The second kappa shape index (κ2) is 6.14.